The van der Waals surface area contributed by atoms with Crippen molar-refractivity contribution in [3.8, 4) is 11.5 Å². The molecule has 1 N–H and O–H groups in total. The molecule has 3 amide bonds. The summed E-state index contributed by atoms with van der Waals surface area (Å²) in [5, 5.41) is 8.86. The monoisotopic (exact) mass is 448 g/mol. The van der Waals surface area contributed by atoms with Gasteiger partial charge in [0.1, 0.15) is 11.5 Å². The third-order valence-electron chi connectivity index (χ3n) is 5.56. The Labute approximate surface area is 186 Å². The number of methoxy groups -OCH3 is 2. The quantitative estimate of drug-likeness (QED) is 0.611. The van der Waals surface area contributed by atoms with Gasteiger partial charge in [-0.2, -0.15) is 0 Å². The zero-order valence-electron chi connectivity index (χ0n) is 17.8. The highest BCUT2D eigenvalue weighted by Crippen LogP contribution is 2.35. The first-order chi connectivity index (χ1) is 15.0. The molecular weight excluding hydrogens is 420 g/mol. The summed E-state index contributed by atoms with van der Waals surface area (Å²) in [6.45, 7) is 0.732. The molecule has 0 saturated carbocycles. The molecule has 2 aliphatic rings. The molecule has 168 valence electrons. The minimum atomic E-state index is -0.418. The molecule has 2 aliphatic heterocycles. The van der Waals surface area contributed by atoms with Gasteiger partial charge in [0, 0.05) is 37.7 Å². The molecule has 2 heterocycles. The number of benzene rings is 1. The Morgan fingerprint density at radius 2 is 2.06 bits per heavy atom. The Balaban J connectivity index is 1.68. The minimum Gasteiger partial charge on any atom is -0.497 e. The summed E-state index contributed by atoms with van der Waals surface area (Å²) in [4.78, 5) is 41.2. The minimum absolute atomic E-state index is 0.0292. The maximum Gasteiger partial charge on any atom is 0.293 e. The number of hydrogen-bond donors (Lipinski definition) is 1. The predicted molar refractivity (Wildman–Crippen MR) is 118 cm³/mol. The van der Waals surface area contributed by atoms with Crippen molar-refractivity contribution in [3.05, 3.63) is 28.7 Å². The molecule has 1 aromatic carbocycles. The lowest BCUT2D eigenvalue weighted by molar-refractivity contribution is -0.135. The third kappa shape index (κ3) is 5.40. The highest BCUT2D eigenvalue weighted by molar-refractivity contribution is 8.18. The van der Waals surface area contributed by atoms with Crippen LogP contribution in [0.15, 0.2) is 23.1 Å². The van der Waals surface area contributed by atoms with Gasteiger partial charge >= 0.3 is 0 Å². The summed E-state index contributed by atoms with van der Waals surface area (Å²) in [5.41, 5.74) is 0.628. The first-order valence-electron chi connectivity index (χ1n) is 10.4. The molecular formula is C22H28N2O6S. The number of hydrogen-bond acceptors (Lipinski definition) is 7. The number of piperidine rings is 1. The molecule has 1 aromatic rings. The smallest absolute Gasteiger partial charge is 0.293 e. The second-order valence-electron chi connectivity index (χ2n) is 7.44. The van der Waals surface area contributed by atoms with Crippen molar-refractivity contribution in [1.29, 1.82) is 0 Å². The summed E-state index contributed by atoms with van der Waals surface area (Å²) in [6, 6.07) is 5.24. The number of amides is 3. The van der Waals surface area contributed by atoms with Gasteiger partial charge in [0.05, 0.1) is 19.1 Å². The molecule has 8 nitrogen and oxygen atoms in total. The van der Waals surface area contributed by atoms with E-state index in [1.54, 1.807) is 36.3 Å². The highest BCUT2D eigenvalue weighted by Gasteiger charge is 2.36. The number of ether oxygens (including phenoxy) is 2. The van der Waals surface area contributed by atoms with Crippen molar-refractivity contribution < 1.29 is 29.0 Å². The van der Waals surface area contributed by atoms with Gasteiger partial charge in [0.2, 0.25) is 5.91 Å². The van der Waals surface area contributed by atoms with Crippen LogP contribution in [0.25, 0.3) is 6.08 Å². The van der Waals surface area contributed by atoms with Crippen LogP contribution in [-0.4, -0.2) is 71.9 Å². The number of likely N-dealkylation sites (tertiary alicyclic amines) is 1. The first kappa shape index (κ1) is 23.1. The number of carbonyl (C=O) groups excluding carboxylic acids is 3. The van der Waals surface area contributed by atoms with Crippen molar-refractivity contribution in [2.75, 3.05) is 33.9 Å². The number of aliphatic hydroxyl groups is 1. The average Bonchev–Trinajstić information content (AvgIpc) is 3.04. The molecule has 31 heavy (non-hydrogen) atoms. The van der Waals surface area contributed by atoms with Crippen LogP contribution in [0.3, 0.4) is 0 Å². The lowest BCUT2D eigenvalue weighted by Crippen LogP contribution is -2.45. The first-order valence-corrected chi connectivity index (χ1v) is 11.2. The van der Waals surface area contributed by atoms with Crippen LogP contribution in [-0.2, 0) is 9.59 Å². The highest BCUT2D eigenvalue weighted by atomic mass is 32.2. The van der Waals surface area contributed by atoms with Crippen molar-refractivity contribution in [3.63, 3.8) is 0 Å². The molecule has 1 atom stereocenters. The molecule has 0 aromatic heterocycles. The van der Waals surface area contributed by atoms with Crippen LogP contribution >= 0.6 is 11.8 Å². The van der Waals surface area contributed by atoms with Crippen molar-refractivity contribution in [2.45, 2.75) is 38.1 Å². The third-order valence-corrected chi connectivity index (χ3v) is 6.46. The van der Waals surface area contributed by atoms with Gasteiger partial charge in [-0.15, -0.1) is 0 Å². The summed E-state index contributed by atoms with van der Waals surface area (Å²) < 4.78 is 10.6. The number of nitrogens with zero attached hydrogens (tertiary/aromatic N) is 2. The van der Waals surface area contributed by atoms with E-state index in [0.717, 1.165) is 35.9 Å². The number of aliphatic hydroxyl groups excluding tert-OH is 1. The Morgan fingerprint density at radius 1 is 1.26 bits per heavy atom. The zero-order chi connectivity index (χ0) is 22.4. The van der Waals surface area contributed by atoms with E-state index >= 15 is 0 Å². The van der Waals surface area contributed by atoms with Gasteiger partial charge in [-0.3, -0.25) is 19.3 Å². The standard InChI is InChI=1S/C22H28N2O6S/c1-29-17-6-7-18(30-2)15(13-17)14-19-21(27)24(22(28)31-19)11-8-20(26)23-10-4-3-5-16(23)9-12-25/h6-7,13-14,16,25H,3-5,8-12H2,1-2H3. The Morgan fingerprint density at radius 3 is 2.77 bits per heavy atom. The molecule has 3 rings (SSSR count). The van der Waals surface area contributed by atoms with E-state index in [2.05, 4.69) is 0 Å². The molecule has 0 aliphatic carbocycles. The van der Waals surface area contributed by atoms with E-state index in [1.165, 1.54) is 7.11 Å². The van der Waals surface area contributed by atoms with Crippen LogP contribution in [0, 0.1) is 0 Å². The van der Waals surface area contributed by atoms with Crippen LogP contribution in [0.4, 0.5) is 4.79 Å². The summed E-state index contributed by atoms with van der Waals surface area (Å²) in [7, 11) is 3.07. The van der Waals surface area contributed by atoms with E-state index in [9.17, 15) is 19.5 Å². The van der Waals surface area contributed by atoms with E-state index in [1.807, 2.05) is 0 Å². The van der Waals surface area contributed by atoms with Crippen LogP contribution in [0.1, 0.15) is 37.7 Å². The van der Waals surface area contributed by atoms with Crippen LogP contribution < -0.4 is 9.47 Å². The normalized spacial score (nSPS) is 20.5. The molecule has 0 bridgehead atoms. The van der Waals surface area contributed by atoms with Crippen molar-refractivity contribution >= 4 is 34.9 Å². The van der Waals surface area contributed by atoms with Crippen molar-refractivity contribution in [1.82, 2.24) is 9.80 Å². The van der Waals surface area contributed by atoms with E-state index < -0.39 is 11.1 Å². The topological polar surface area (TPSA) is 96.4 Å². The SMILES string of the molecule is COc1ccc(OC)c(C=C2SC(=O)N(CCC(=O)N3CCCCC3CCO)C2=O)c1. The number of imide groups is 1. The fraction of sp³-hybridized carbons (Fsp3) is 0.500. The second-order valence-corrected chi connectivity index (χ2v) is 8.43. The van der Waals surface area contributed by atoms with Crippen LogP contribution in [0.5, 0.6) is 11.5 Å². The lowest BCUT2D eigenvalue weighted by atomic mass is 9.99. The molecule has 0 spiro atoms. The molecule has 2 fully saturated rings. The maximum atomic E-state index is 12.8. The second kappa shape index (κ2) is 10.7. The van der Waals surface area contributed by atoms with Gasteiger partial charge in [-0.25, -0.2) is 0 Å². The lowest BCUT2D eigenvalue weighted by Gasteiger charge is -2.36. The van der Waals surface area contributed by atoms with Gasteiger partial charge in [0.25, 0.3) is 11.1 Å². The van der Waals surface area contributed by atoms with Crippen molar-refractivity contribution in [2.24, 2.45) is 0 Å². The summed E-state index contributed by atoms with van der Waals surface area (Å²) in [5.74, 6) is 0.660. The van der Waals surface area contributed by atoms with E-state index in [0.29, 0.717) is 30.0 Å². The predicted octanol–water partition coefficient (Wildman–Crippen LogP) is 2.89. The van der Waals surface area contributed by atoms with E-state index in [-0.39, 0.29) is 36.4 Å². The fourth-order valence-corrected chi connectivity index (χ4v) is 4.77. The largest absolute Gasteiger partial charge is 0.497 e. The molecule has 2 saturated heterocycles. The van der Waals surface area contributed by atoms with Gasteiger partial charge < -0.3 is 19.5 Å². The number of carbonyl (C=O) groups is 3. The molecule has 0 radical (unpaired) electrons. The summed E-state index contributed by atoms with van der Waals surface area (Å²) >= 11 is 0.849. The average molecular weight is 449 g/mol. The zero-order valence-corrected chi connectivity index (χ0v) is 18.7. The van der Waals surface area contributed by atoms with Crippen LogP contribution in [0.2, 0.25) is 0 Å². The van der Waals surface area contributed by atoms with Gasteiger partial charge in [-0.05, 0) is 61.7 Å². The van der Waals surface area contributed by atoms with Gasteiger partial charge in [-0.1, -0.05) is 0 Å². The number of rotatable bonds is 8. The fourth-order valence-electron chi connectivity index (χ4n) is 3.92. The Bertz CT molecular complexity index is 870. The maximum absolute atomic E-state index is 12.8. The van der Waals surface area contributed by atoms with Gasteiger partial charge in [0.15, 0.2) is 0 Å². The Hall–Kier alpha value is -2.52. The summed E-state index contributed by atoms with van der Waals surface area (Å²) in [6.07, 6.45) is 5.08. The molecule has 9 heteroatoms. The molecule has 1 unspecified atom stereocenters. The number of thioether (sulfide) groups is 1. The Kier molecular flexibility index (Phi) is 7.97. The van der Waals surface area contributed by atoms with E-state index in [4.69, 9.17) is 9.47 Å².